The van der Waals surface area contributed by atoms with Crippen LogP contribution in [0.2, 0.25) is 0 Å². The third-order valence-corrected chi connectivity index (χ3v) is 7.76. The van der Waals surface area contributed by atoms with E-state index in [9.17, 15) is 14.7 Å². The third kappa shape index (κ3) is 5.90. The third-order valence-electron chi connectivity index (χ3n) is 7.76. The number of nitrogens with zero attached hydrogens (tertiary/aromatic N) is 4. The number of nitrogens with one attached hydrogen (secondary N) is 1. The summed E-state index contributed by atoms with van der Waals surface area (Å²) in [5.41, 5.74) is 3.98. The quantitative estimate of drug-likeness (QED) is 0.295. The fourth-order valence-corrected chi connectivity index (χ4v) is 5.49. The maximum atomic E-state index is 13.2. The van der Waals surface area contributed by atoms with Crippen molar-refractivity contribution in [2.45, 2.75) is 44.6 Å². The molecule has 0 aliphatic heterocycles. The molecule has 3 aromatic carbocycles. The molecule has 5 rings (SSSR count). The number of imidazole rings is 1. The normalized spacial score (nSPS) is 14.1. The van der Waals surface area contributed by atoms with Crippen LogP contribution in [0.3, 0.4) is 0 Å². The van der Waals surface area contributed by atoms with Gasteiger partial charge in [0.2, 0.25) is 11.9 Å². The average molecular weight is 536 g/mol. The van der Waals surface area contributed by atoms with Crippen molar-refractivity contribution in [1.29, 1.82) is 5.26 Å². The first kappa shape index (κ1) is 27.1. The van der Waals surface area contributed by atoms with Crippen LogP contribution in [0.1, 0.15) is 59.6 Å². The molecule has 8 heteroatoms. The lowest BCUT2D eigenvalue weighted by molar-refractivity contribution is -0.119. The van der Waals surface area contributed by atoms with Crippen LogP contribution in [0.5, 0.6) is 0 Å². The monoisotopic (exact) mass is 535 g/mol. The number of carbonyl (C=O) groups is 2. The maximum Gasteiger partial charge on any atom is 0.257 e. The lowest BCUT2D eigenvalue weighted by Crippen LogP contribution is -2.27. The Morgan fingerprint density at radius 2 is 1.82 bits per heavy atom. The van der Waals surface area contributed by atoms with Gasteiger partial charge in [0.15, 0.2) is 0 Å². The molecule has 1 saturated carbocycles. The molecule has 1 fully saturated rings. The second-order valence-electron chi connectivity index (χ2n) is 10.5. The number of aromatic nitrogens is 2. The summed E-state index contributed by atoms with van der Waals surface area (Å²) in [5, 5.41) is 22.5. The highest BCUT2D eigenvalue weighted by Crippen LogP contribution is 2.32. The Hall–Kier alpha value is -4.48. The Kier molecular flexibility index (Phi) is 8.23. The number of nitriles is 1. The maximum absolute atomic E-state index is 13.2. The van der Waals surface area contributed by atoms with Crippen LogP contribution in [0.4, 0.5) is 11.6 Å². The standard InChI is InChI=1S/C32H33N5O3/c1-36(30(39)18-23-9-5-6-10-23)26-15-16-29-28(19-26)34-32(35-31(40)25-13-11-24(20-33)12-14-25)37(29)27(21-38)17-22-7-3-2-4-8-22/h2-4,7-8,11-16,19,23,27,38H,5-6,9-10,17-18,21H2,1H3,(H,34,35,40)/t27-/m0/s1. The van der Waals surface area contributed by atoms with Crippen molar-refractivity contribution in [3.8, 4) is 6.07 Å². The molecule has 204 valence electrons. The van der Waals surface area contributed by atoms with E-state index >= 15 is 0 Å². The van der Waals surface area contributed by atoms with Crippen molar-refractivity contribution >= 4 is 34.5 Å². The summed E-state index contributed by atoms with van der Waals surface area (Å²) in [7, 11) is 1.79. The van der Waals surface area contributed by atoms with Crippen molar-refractivity contribution in [1.82, 2.24) is 9.55 Å². The molecule has 1 heterocycles. The number of aliphatic hydroxyl groups is 1. The highest BCUT2D eigenvalue weighted by molar-refractivity contribution is 6.04. The summed E-state index contributed by atoms with van der Waals surface area (Å²) in [6.45, 7) is -0.165. The fraction of sp³-hybridized carbons (Fsp3) is 0.312. The average Bonchev–Trinajstić information content (AvgIpc) is 3.63. The van der Waals surface area contributed by atoms with Crippen LogP contribution in [0.15, 0.2) is 72.8 Å². The van der Waals surface area contributed by atoms with Gasteiger partial charge in [-0.25, -0.2) is 4.98 Å². The molecule has 0 spiro atoms. The van der Waals surface area contributed by atoms with Crippen molar-refractivity contribution in [2.24, 2.45) is 5.92 Å². The van der Waals surface area contributed by atoms with E-state index < -0.39 is 6.04 Å². The van der Waals surface area contributed by atoms with E-state index in [1.165, 1.54) is 12.8 Å². The van der Waals surface area contributed by atoms with Gasteiger partial charge in [-0.15, -0.1) is 0 Å². The van der Waals surface area contributed by atoms with Crippen LogP contribution in [0, 0.1) is 17.2 Å². The fourth-order valence-electron chi connectivity index (χ4n) is 5.49. The number of carbonyl (C=O) groups excluding carboxylic acids is 2. The lowest BCUT2D eigenvalue weighted by atomic mass is 10.0. The molecule has 1 aliphatic carbocycles. The number of anilines is 2. The number of hydrogen-bond donors (Lipinski definition) is 2. The summed E-state index contributed by atoms with van der Waals surface area (Å²) in [4.78, 5) is 32.6. The van der Waals surface area contributed by atoms with Gasteiger partial charge in [0.25, 0.3) is 5.91 Å². The summed E-state index contributed by atoms with van der Waals surface area (Å²) in [5.74, 6) is 0.459. The second kappa shape index (κ2) is 12.1. The first-order valence-electron chi connectivity index (χ1n) is 13.7. The van der Waals surface area contributed by atoms with Gasteiger partial charge in [0, 0.05) is 24.7 Å². The smallest absolute Gasteiger partial charge is 0.257 e. The molecule has 0 radical (unpaired) electrons. The lowest BCUT2D eigenvalue weighted by Gasteiger charge is -2.21. The second-order valence-corrected chi connectivity index (χ2v) is 10.5. The summed E-state index contributed by atoms with van der Waals surface area (Å²) < 4.78 is 1.86. The Balaban J connectivity index is 1.49. The highest BCUT2D eigenvalue weighted by Gasteiger charge is 2.24. The molecule has 1 aliphatic rings. The van der Waals surface area contributed by atoms with Gasteiger partial charge in [-0.05, 0) is 73.2 Å². The predicted molar refractivity (Wildman–Crippen MR) is 155 cm³/mol. The van der Waals surface area contributed by atoms with E-state index in [0.29, 0.717) is 41.4 Å². The zero-order chi connectivity index (χ0) is 28.1. The molecule has 4 aromatic rings. The minimum atomic E-state index is -0.392. The van der Waals surface area contributed by atoms with Gasteiger partial charge in [0.1, 0.15) is 0 Å². The topological polar surface area (TPSA) is 111 Å². The van der Waals surface area contributed by atoms with Crippen molar-refractivity contribution in [3.05, 3.63) is 89.5 Å². The molecule has 2 amide bonds. The zero-order valence-electron chi connectivity index (χ0n) is 22.6. The molecule has 0 unspecified atom stereocenters. The zero-order valence-corrected chi connectivity index (χ0v) is 22.6. The van der Waals surface area contributed by atoms with Crippen LogP contribution >= 0.6 is 0 Å². The van der Waals surface area contributed by atoms with Gasteiger partial charge in [-0.2, -0.15) is 5.26 Å². The van der Waals surface area contributed by atoms with E-state index in [0.717, 1.165) is 29.6 Å². The number of hydrogen-bond acceptors (Lipinski definition) is 5. The van der Waals surface area contributed by atoms with Crippen molar-refractivity contribution in [3.63, 3.8) is 0 Å². The summed E-state index contributed by atoms with van der Waals surface area (Å²) >= 11 is 0. The van der Waals surface area contributed by atoms with Gasteiger partial charge < -0.3 is 14.6 Å². The first-order valence-corrected chi connectivity index (χ1v) is 13.7. The predicted octanol–water partition coefficient (Wildman–Crippen LogP) is 5.48. The molecule has 0 bridgehead atoms. The van der Waals surface area contributed by atoms with Gasteiger partial charge >= 0.3 is 0 Å². The van der Waals surface area contributed by atoms with E-state index in [2.05, 4.69) is 11.4 Å². The number of aliphatic hydroxyl groups excluding tert-OH is 1. The van der Waals surface area contributed by atoms with Crippen LogP contribution in [-0.4, -0.2) is 40.1 Å². The number of amides is 2. The molecular weight excluding hydrogens is 502 g/mol. The Morgan fingerprint density at radius 3 is 2.50 bits per heavy atom. The van der Waals surface area contributed by atoms with Gasteiger partial charge in [-0.3, -0.25) is 14.9 Å². The molecule has 8 nitrogen and oxygen atoms in total. The largest absolute Gasteiger partial charge is 0.394 e. The Morgan fingerprint density at radius 1 is 1.10 bits per heavy atom. The SMILES string of the molecule is CN(C(=O)CC1CCCC1)c1ccc2c(c1)nc(NC(=O)c1ccc(C#N)cc1)n2[C@H](CO)Cc1ccccc1. The van der Waals surface area contributed by atoms with E-state index in [1.54, 1.807) is 36.2 Å². The summed E-state index contributed by atoms with van der Waals surface area (Å²) in [6, 6.07) is 23.5. The van der Waals surface area contributed by atoms with Crippen LogP contribution in [-0.2, 0) is 11.2 Å². The molecular formula is C32H33N5O3. The number of rotatable bonds is 9. The van der Waals surface area contributed by atoms with Crippen LogP contribution in [0.25, 0.3) is 11.0 Å². The first-order chi connectivity index (χ1) is 19.5. The minimum Gasteiger partial charge on any atom is -0.394 e. The Bertz CT molecular complexity index is 1530. The Labute approximate surface area is 233 Å². The van der Waals surface area contributed by atoms with E-state index in [4.69, 9.17) is 10.2 Å². The summed E-state index contributed by atoms with van der Waals surface area (Å²) in [6.07, 6.45) is 5.67. The minimum absolute atomic E-state index is 0.0809. The van der Waals surface area contributed by atoms with Crippen LogP contribution < -0.4 is 10.2 Å². The highest BCUT2D eigenvalue weighted by atomic mass is 16.3. The van der Waals surface area contributed by atoms with Gasteiger partial charge in [-0.1, -0.05) is 43.2 Å². The molecule has 40 heavy (non-hydrogen) atoms. The van der Waals surface area contributed by atoms with Crippen molar-refractivity contribution < 1.29 is 14.7 Å². The number of fused-ring (bicyclic) bond motifs is 1. The van der Waals surface area contributed by atoms with E-state index in [-0.39, 0.29) is 18.4 Å². The van der Waals surface area contributed by atoms with E-state index in [1.807, 2.05) is 53.1 Å². The number of benzene rings is 3. The molecule has 2 N–H and O–H groups in total. The molecule has 0 saturated heterocycles. The molecule has 1 aromatic heterocycles. The van der Waals surface area contributed by atoms with Gasteiger partial charge in [0.05, 0.1) is 35.3 Å². The van der Waals surface area contributed by atoms with Crippen molar-refractivity contribution in [2.75, 3.05) is 23.9 Å². The molecule has 1 atom stereocenters.